The summed E-state index contributed by atoms with van der Waals surface area (Å²) < 4.78 is 7.72. The molecule has 0 radical (unpaired) electrons. The highest BCUT2D eigenvalue weighted by molar-refractivity contribution is 9.10. The zero-order valence-corrected chi connectivity index (χ0v) is 14.2. The lowest BCUT2D eigenvalue weighted by Gasteiger charge is -2.19. The Bertz CT molecular complexity index is 794. The zero-order valence-electron chi connectivity index (χ0n) is 12.6. The first-order valence-corrected chi connectivity index (χ1v) is 8.16. The number of carbonyl (C=O) groups is 2. The van der Waals surface area contributed by atoms with Gasteiger partial charge >= 0.3 is 11.9 Å². The lowest BCUT2D eigenvalue weighted by Crippen LogP contribution is -2.14. The van der Waals surface area contributed by atoms with Crippen molar-refractivity contribution in [2.24, 2.45) is 0 Å². The van der Waals surface area contributed by atoms with Gasteiger partial charge in [0.05, 0.1) is 23.9 Å². The van der Waals surface area contributed by atoms with Crippen molar-refractivity contribution in [3.8, 4) is 11.3 Å². The smallest absolute Gasteiger partial charge is 0.339 e. The molecule has 2 heterocycles. The maximum Gasteiger partial charge on any atom is 0.339 e. The van der Waals surface area contributed by atoms with Gasteiger partial charge in [-0.15, -0.1) is 0 Å². The molecule has 120 valence electrons. The predicted molar refractivity (Wildman–Crippen MR) is 88.8 cm³/mol. The monoisotopic (exact) mass is 377 g/mol. The Labute approximate surface area is 142 Å². The Hall–Kier alpha value is -2.08. The molecule has 2 aromatic rings. The molecule has 1 aliphatic heterocycles. The number of ether oxygens (including phenoxy) is 1. The van der Waals surface area contributed by atoms with Gasteiger partial charge in [0.15, 0.2) is 0 Å². The van der Waals surface area contributed by atoms with Gasteiger partial charge in [0.1, 0.15) is 0 Å². The van der Waals surface area contributed by atoms with Crippen LogP contribution in [-0.2, 0) is 17.7 Å². The zero-order chi connectivity index (χ0) is 16.6. The second-order valence-electron chi connectivity index (χ2n) is 5.49. The number of fused-ring (bicyclic) bond motifs is 1. The highest BCUT2D eigenvalue weighted by atomic mass is 79.9. The van der Waals surface area contributed by atoms with E-state index in [2.05, 4.69) is 15.9 Å². The standard InChI is InChI=1S/C17H16BrNO4/c1-23-17(22)13-9-15(19-7-3-2-4-14(13)19)12-8-10(18)5-6-11(12)16(20)21/h5-6,8-9H,2-4,7H2,1H3,(H,20,21). The maximum absolute atomic E-state index is 12.1. The molecule has 0 spiro atoms. The van der Waals surface area contributed by atoms with Crippen molar-refractivity contribution in [2.45, 2.75) is 25.8 Å². The van der Waals surface area contributed by atoms with Crippen LogP contribution in [0.15, 0.2) is 28.7 Å². The second kappa shape index (κ2) is 6.20. The molecule has 5 nitrogen and oxygen atoms in total. The van der Waals surface area contributed by atoms with Gasteiger partial charge in [0.25, 0.3) is 0 Å². The molecule has 1 aromatic carbocycles. The Balaban J connectivity index is 2.25. The van der Waals surface area contributed by atoms with Crippen LogP contribution in [0.1, 0.15) is 39.3 Å². The SMILES string of the molecule is COC(=O)c1cc(-c2cc(Br)ccc2C(=O)O)n2c1CCCC2. The van der Waals surface area contributed by atoms with Gasteiger partial charge in [-0.1, -0.05) is 15.9 Å². The number of hydrogen-bond acceptors (Lipinski definition) is 3. The van der Waals surface area contributed by atoms with Crippen molar-refractivity contribution in [3.05, 3.63) is 45.6 Å². The van der Waals surface area contributed by atoms with Crippen molar-refractivity contribution < 1.29 is 19.4 Å². The lowest BCUT2D eigenvalue weighted by molar-refractivity contribution is 0.0598. The Kier molecular flexibility index (Phi) is 4.26. The van der Waals surface area contributed by atoms with Gasteiger partial charge in [-0.05, 0) is 43.5 Å². The molecule has 0 unspecified atom stereocenters. The number of esters is 1. The quantitative estimate of drug-likeness (QED) is 0.827. The topological polar surface area (TPSA) is 68.5 Å². The van der Waals surface area contributed by atoms with Crippen LogP contribution in [0, 0.1) is 0 Å². The van der Waals surface area contributed by atoms with Crippen LogP contribution in [0.4, 0.5) is 0 Å². The molecule has 0 fully saturated rings. The number of halogens is 1. The van der Waals surface area contributed by atoms with Crippen LogP contribution >= 0.6 is 15.9 Å². The second-order valence-corrected chi connectivity index (χ2v) is 6.40. The highest BCUT2D eigenvalue weighted by Gasteiger charge is 2.25. The van der Waals surface area contributed by atoms with Crippen LogP contribution in [0.2, 0.25) is 0 Å². The van der Waals surface area contributed by atoms with E-state index in [0.29, 0.717) is 11.1 Å². The number of benzene rings is 1. The molecule has 1 aromatic heterocycles. The molecule has 0 atom stereocenters. The highest BCUT2D eigenvalue weighted by Crippen LogP contribution is 2.34. The van der Waals surface area contributed by atoms with Crippen LogP contribution < -0.4 is 0 Å². The van der Waals surface area contributed by atoms with Gasteiger partial charge in [-0.25, -0.2) is 9.59 Å². The third-order valence-corrected chi connectivity index (χ3v) is 4.64. The minimum Gasteiger partial charge on any atom is -0.478 e. The number of hydrogen-bond donors (Lipinski definition) is 1. The molecule has 3 rings (SSSR count). The first-order chi connectivity index (χ1) is 11.0. The van der Waals surface area contributed by atoms with Crippen LogP contribution in [-0.4, -0.2) is 28.7 Å². The molecule has 0 saturated heterocycles. The number of carboxylic acid groups (broad SMARTS) is 1. The average molecular weight is 378 g/mol. The fraction of sp³-hybridized carbons (Fsp3) is 0.294. The van der Waals surface area contributed by atoms with Gasteiger partial charge in [0.2, 0.25) is 0 Å². The van der Waals surface area contributed by atoms with E-state index in [4.69, 9.17) is 4.74 Å². The summed E-state index contributed by atoms with van der Waals surface area (Å²) in [6, 6.07) is 6.80. The van der Waals surface area contributed by atoms with Gasteiger partial charge in [0, 0.05) is 22.3 Å². The summed E-state index contributed by atoms with van der Waals surface area (Å²) in [6.07, 6.45) is 2.81. The summed E-state index contributed by atoms with van der Waals surface area (Å²) in [5, 5.41) is 9.47. The first-order valence-electron chi connectivity index (χ1n) is 7.37. The summed E-state index contributed by atoms with van der Waals surface area (Å²) >= 11 is 3.39. The summed E-state index contributed by atoms with van der Waals surface area (Å²) in [7, 11) is 1.36. The van der Waals surface area contributed by atoms with Gasteiger partial charge < -0.3 is 14.4 Å². The number of nitrogens with zero attached hydrogens (tertiary/aromatic N) is 1. The van der Waals surface area contributed by atoms with Crippen LogP contribution in [0.5, 0.6) is 0 Å². The third kappa shape index (κ3) is 2.79. The number of aromatic carboxylic acids is 1. The molecule has 23 heavy (non-hydrogen) atoms. The molecular formula is C17H16BrNO4. The Morgan fingerprint density at radius 1 is 1.22 bits per heavy atom. The van der Waals surface area contributed by atoms with E-state index >= 15 is 0 Å². The minimum absolute atomic E-state index is 0.218. The van der Waals surface area contributed by atoms with E-state index in [1.807, 2.05) is 4.57 Å². The van der Waals surface area contributed by atoms with Crippen LogP contribution in [0.25, 0.3) is 11.3 Å². The van der Waals surface area contributed by atoms with E-state index in [-0.39, 0.29) is 11.5 Å². The number of aromatic nitrogens is 1. The minimum atomic E-state index is -0.988. The molecular weight excluding hydrogens is 362 g/mol. The Morgan fingerprint density at radius 3 is 2.70 bits per heavy atom. The third-order valence-electron chi connectivity index (χ3n) is 4.15. The Morgan fingerprint density at radius 2 is 2.00 bits per heavy atom. The number of rotatable bonds is 3. The summed E-state index contributed by atoms with van der Waals surface area (Å²) in [5.74, 6) is -1.37. The van der Waals surface area contributed by atoms with E-state index < -0.39 is 5.97 Å². The molecule has 1 N–H and O–H groups in total. The maximum atomic E-state index is 12.1. The first kappa shape index (κ1) is 15.8. The summed E-state index contributed by atoms with van der Waals surface area (Å²) in [5.41, 5.74) is 3.02. The molecule has 0 bridgehead atoms. The average Bonchev–Trinajstić information content (AvgIpc) is 2.93. The molecule has 6 heteroatoms. The van der Waals surface area contributed by atoms with Crippen molar-refractivity contribution in [1.29, 1.82) is 0 Å². The van der Waals surface area contributed by atoms with Crippen molar-refractivity contribution in [3.63, 3.8) is 0 Å². The fourth-order valence-electron chi connectivity index (χ4n) is 3.10. The molecule has 0 amide bonds. The fourth-order valence-corrected chi connectivity index (χ4v) is 3.46. The van der Waals surface area contributed by atoms with Crippen molar-refractivity contribution in [1.82, 2.24) is 4.57 Å². The van der Waals surface area contributed by atoms with E-state index in [9.17, 15) is 14.7 Å². The number of carbonyl (C=O) groups excluding carboxylic acids is 1. The summed E-state index contributed by atoms with van der Waals surface area (Å²) in [4.78, 5) is 23.6. The van der Waals surface area contributed by atoms with Gasteiger partial charge in [-0.2, -0.15) is 0 Å². The molecule has 1 aliphatic rings. The van der Waals surface area contributed by atoms with Crippen molar-refractivity contribution in [2.75, 3.05) is 7.11 Å². The summed E-state index contributed by atoms with van der Waals surface area (Å²) in [6.45, 7) is 0.771. The van der Waals surface area contributed by atoms with E-state index in [1.165, 1.54) is 7.11 Å². The lowest BCUT2D eigenvalue weighted by atomic mass is 10.0. The van der Waals surface area contributed by atoms with Gasteiger partial charge in [-0.3, -0.25) is 0 Å². The van der Waals surface area contributed by atoms with E-state index in [1.54, 1.807) is 24.3 Å². The normalized spacial score (nSPS) is 13.5. The molecule has 0 aliphatic carbocycles. The number of methoxy groups -OCH3 is 1. The largest absolute Gasteiger partial charge is 0.478 e. The number of carboxylic acids is 1. The van der Waals surface area contributed by atoms with Crippen LogP contribution in [0.3, 0.4) is 0 Å². The van der Waals surface area contributed by atoms with E-state index in [0.717, 1.165) is 41.7 Å². The molecule has 0 saturated carbocycles. The van der Waals surface area contributed by atoms with Crippen molar-refractivity contribution >= 4 is 27.9 Å². The predicted octanol–water partition coefficient (Wildman–Crippen LogP) is 3.74.